The molecule has 1 aliphatic heterocycles. The van der Waals surface area contributed by atoms with Gasteiger partial charge in [0, 0.05) is 29.6 Å². The van der Waals surface area contributed by atoms with E-state index in [1.165, 1.54) is 18.2 Å². The van der Waals surface area contributed by atoms with Crippen molar-refractivity contribution in [1.29, 1.82) is 0 Å². The number of hydrogen-bond donors (Lipinski definition) is 1. The van der Waals surface area contributed by atoms with Crippen molar-refractivity contribution in [2.24, 2.45) is 0 Å². The molecule has 0 atom stereocenters. The van der Waals surface area contributed by atoms with Gasteiger partial charge in [0.05, 0.1) is 9.82 Å². The van der Waals surface area contributed by atoms with Crippen molar-refractivity contribution in [3.8, 4) is 0 Å². The summed E-state index contributed by atoms with van der Waals surface area (Å²) in [7, 11) is 0. The van der Waals surface area contributed by atoms with Gasteiger partial charge in [-0.05, 0) is 49.2 Å². The molecular weight excluding hydrogens is 357 g/mol. The van der Waals surface area contributed by atoms with Crippen molar-refractivity contribution in [2.75, 3.05) is 13.1 Å². The smallest absolute Gasteiger partial charge is 0.284 e. The summed E-state index contributed by atoms with van der Waals surface area (Å²) in [6.07, 6.45) is 3.19. The highest BCUT2D eigenvalue weighted by Gasteiger charge is 2.20. The van der Waals surface area contributed by atoms with Crippen LogP contribution >= 0.6 is 11.8 Å². The second kappa shape index (κ2) is 8.29. The summed E-state index contributed by atoms with van der Waals surface area (Å²) in [5.41, 5.74) is 2.89. The molecule has 0 unspecified atom stereocenters. The van der Waals surface area contributed by atoms with Gasteiger partial charge in [0.2, 0.25) is 0 Å². The number of amides is 1. The summed E-state index contributed by atoms with van der Waals surface area (Å²) in [4.78, 5) is 24.4. The van der Waals surface area contributed by atoms with Gasteiger partial charge >= 0.3 is 0 Å². The average molecular weight is 375 g/mol. The van der Waals surface area contributed by atoms with Crippen molar-refractivity contribution in [1.82, 2.24) is 10.4 Å². The fourth-order valence-corrected chi connectivity index (χ4v) is 3.63. The predicted octanol–water partition coefficient (Wildman–Crippen LogP) is 4.02. The van der Waals surface area contributed by atoms with Crippen LogP contribution in [0.4, 0.5) is 10.1 Å². The van der Waals surface area contributed by atoms with Gasteiger partial charge in [0.25, 0.3) is 11.6 Å². The lowest BCUT2D eigenvalue weighted by molar-refractivity contribution is -0.387. The molecule has 0 radical (unpaired) electrons. The van der Waals surface area contributed by atoms with Crippen LogP contribution in [0.1, 0.15) is 29.6 Å². The minimum absolute atomic E-state index is 0.148. The summed E-state index contributed by atoms with van der Waals surface area (Å²) in [6, 6.07) is 10.1. The number of benzene rings is 2. The molecule has 0 bridgehead atoms. The summed E-state index contributed by atoms with van der Waals surface area (Å²) < 4.78 is 13.0. The fourth-order valence-electron chi connectivity index (χ4n) is 2.73. The van der Waals surface area contributed by atoms with Crippen LogP contribution in [0.15, 0.2) is 52.3 Å². The number of halogens is 1. The summed E-state index contributed by atoms with van der Waals surface area (Å²) >= 11 is 1.16. The first-order chi connectivity index (χ1) is 12.5. The van der Waals surface area contributed by atoms with Crippen LogP contribution in [0.3, 0.4) is 0 Å². The van der Waals surface area contributed by atoms with Crippen molar-refractivity contribution >= 4 is 23.4 Å². The molecule has 0 aliphatic carbocycles. The maximum atomic E-state index is 13.0. The quantitative estimate of drug-likeness (QED) is 0.631. The number of carbonyl (C=O) groups is 1. The van der Waals surface area contributed by atoms with E-state index in [1.807, 2.05) is 5.01 Å². The van der Waals surface area contributed by atoms with E-state index in [0.29, 0.717) is 9.79 Å². The molecule has 2 aromatic carbocycles. The third-order valence-electron chi connectivity index (χ3n) is 4.07. The largest absolute Gasteiger partial charge is 0.285 e. The maximum absolute atomic E-state index is 13.0. The first-order valence-corrected chi connectivity index (χ1v) is 9.12. The van der Waals surface area contributed by atoms with E-state index >= 15 is 0 Å². The van der Waals surface area contributed by atoms with Gasteiger partial charge in [0.15, 0.2) is 0 Å². The van der Waals surface area contributed by atoms with Crippen LogP contribution in [0.2, 0.25) is 0 Å². The Morgan fingerprint density at radius 3 is 2.46 bits per heavy atom. The molecule has 0 saturated carbocycles. The van der Waals surface area contributed by atoms with Crippen LogP contribution in [0, 0.1) is 15.9 Å². The zero-order valence-electron chi connectivity index (χ0n) is 14.0. The highest BCUT2D eigenvalue weighted by atomic mass is 32.2. The molecule has 2 aromatic rings. The molecule has 1 heterocycles. The molecule has 6 nitrogen and oxygen atoms in total. The third-order valence-corrected chi connectivity index (χ3v) is 5.15. The van der Waals surface area contributed by atoms with E-state index < -0.39 is 4.92 Å². The van der Waals surface area contributed by atoms with Gasteiger partial charge in [0.1, 0.15) is 5.82 Å². The number of rotatable bonds is 5. The predicted molar refractivity (Wildman–Crippen MR) is 96.5 cm³/mol. The van der Waals surface area contributed by atoms with Crippen LogP contribution in [-0.2, 0) is 0 Å². The zero-order chi connectivity index (χ0) is 18.5. The van der Waals surface area contributed by atoms with E-state index in [2.05, 4.69) is 5.43 Å². The minimum atomic E-state index is -0.510. The second-order valence-corrected chi connectivity index (χ2v) is 7.10. The number of piperidine rings is 1. The maximum Gasteiger partial charge on any atom is 0.284 e. The molecule has 0 aromatic heterocycles. The number of nitrogens with one attached hydrogen (secondary N) is 1. The topological polar surface area (TPSA) is 75.5 Å². The Morgan fingerprint density at radius 2 is 1.81 bits per heavy atom. The minimum Gasteiger partial charge on any atom is -0.285 e. The molecular formula is C18H18FN3O3S. The van der Waals surface area contributed by atoms with Crippen LogP contribution in [0.25, 0.3) is 0 Å². The van der Waals surface area contributed by atoms with Crippen molar-refractivity contribution in [2.45, 2.75) is 29.1 Å². The van der Waals surface area contributed by atoms with Gasteiger partial charge < -0.3 is 0 Å². The lowest BCUT2D eigenvalue weighted by Gasteiger charge is -2.26. The fraction of sp³-hybridized carbons (Fsp3) is 0.278. The van der Waals surface area contributed by atoms with E-state index in [9.17, 15) is 19.3 Å². The molecule has 1 fully saturated rings. The number of hydrazine groups is 1. The molecule has 0 spiro atoms. The Balaban J connectivity index is 1.78. The van der Waals surface area contributed by atoms with Crippen molar-refractivity contribution in [3.63, 3.8) is 0 Å². The Bertz CT molecular complexity index is 808. The molecule has 1 N–H and O–H groups in total. The Hall–Kier alpha value is -2.45. The first kappa shape index (κ1) is 18.3. The molecule has 3 rings (SSSR count). The van der Waals surface area contributed by atoms with Crippen LogP contribution in [-0.4, -0.2) is 28.9 Å². The summed E-state index contributed by atoms with van der Waals surface area (Å²) in [5.74, 6) is -0.720. The lowest BCUT2D eigenvalue weighted by atomic mass is 10.1. The van der Waals surface area contributed by atoms with Crippen LogP contribution in [0.5, 0.6) is 0 Å². The van der Waals surface area contributed by atoms with E-state index in [-0.39, 0.29) is 23.0 Å². The van der Waals surface area contributed by atoms with Crippen molar-refractivity contribution < 1.29 is 14.1 Å². The van der Waals surface area contributed by atoms with Gasteiger partial charge in [-0.1, -0.05) is 18.2 Å². The summed E-state index contributed by atoms with van der Waals surface area (Å²) in [6.45, 7) is 1.57. The molecule has 8 heteroatoms. The number of hydrogen-bond acceptors (Lipinski definition) is 5. The third kappa shape index (κ3) is 4.59. The van der Waals surface area contributed by atoms with E-state index in [0.717, 1.165) is 44.1 Å². The average Bonchev–Trinajstić information content (AvgIpc) is 2.64. The number of nitro benzene ring substituents is 1. The SMILES string of the molecule is O=C(NN1CCCCC1)c1ccc(Sc2ccc(F)cc2)c([N+](=O)[O-])c1. The van der Waals surface area contributed by atoms with E-state index in [1.54, 1.807) is 24.3 Å². The number of nitro groups is 1. The monoisotopic (exact) mass is 375 g/mol. The highest BCUT2D eigenvalue weighted by Crippen LogP contribution is 2.35. The lowest BCUT2D eigenvalue weighted by Crippen LogP contribution is -2.45. The molecule has 1 amide bonds. The Morgan fingerprint density at radius 1 is 1.12 bits per heavy atom. The first-order valence-electron chi connectivity index (χ1n) is 8.31. The van der Waals surface area contributed by atoms with Gasteiger partial charge in [-0.3, -0.25) is 20.3 Å². The Labute approximate surface area is 154 Å². The molecule has 1 aliphatic rings. The van der Waals surface area contributed by atoms with Gasteiger partial charge in [-0.2, -0.15) is 0 Å². The van der Waals surface area contributed by atoms with E-state index in [4.69, 9.17) is 0 Å². The second-order valence-electron chi connectivity index (χ2n) is 5.98. The number of carbonyl (C=O) groups excluding carboxylic acids is 1. The summed E-state index contributed by atoms with van der Waals surface area (Å²) in [5, 5.41) is 13.3. The molecule has 136 valence electrons. The van der Waals surface area contributed by atoms with Gasteiger partial charge in [-0.15, -0.1) is 0 Å². The zero-order valence-corrected chi connectivity index (χ0v) is 14.8. The van der Waals surface area contributed by atoms with Gasteiger partial charge in [-0.25, -0.2) is 9.40 Å². The normalized spacial score (nSPS) is 14.8. The number of nitrogens with zero attached hydrogens (tertiary/aromatic N) is 2. The highest BCUT2D eigenvalue weighted by molar-refractivity contribution is 7.99. The standard InChI is InChI=1S/C18H18FN3O3S/c19-14-5-7-15(8-6-14)26-17-9-4-13(12-16(17)22(24)25)18(23)20-21-10-2-1-3-11-21/h4-9,12H,1-3,10-11H2,(H,20,23). The molecule has 1 saturated heterocycles. The van der Waals surface area contributed by atoms with Crippen LogP contribution < -0.4 is 5.43 Å². The molecule has 26 heavy (non-hydrogen) atoms. The Kier molecular flexibility index (Phi) is 5.85. The van der Waals surface area contributed by atoms with Crippen molar-refractivity contribution in [3.05, 3.63) is 64.0 Å².